The monoisotopic (exact) mass is 247 g/mol. The summed E-state index contributed by atoms with van der Waals surface area (Å²) in [6.07, 6.45) is 3.70. The molecule has 0 aliphatic heterocycles. The van der Waals surface area contributed by atoms with Crippen LogP contribution in [0.1, 0.15) is 18.1 Å². The molecule has 1 aromatic heterocycles. The number of benzene rings is 1. The Morgan fingerprint density at radius 2 is 2.28 bits per heavy atom. The molecule has 1 aromatic carbocycles. The smallest absolute Gasteiger partial charge is 0.126 e. The SMILES string of the molecule is Cc1ccc(CNC(C)Cn2cccn2)cc1F. The van der Waals surface area contributed by atoms with E-state index in [2.05, 4.69) is 17.3 Å². The van der Waals surface area contributed by atoms with Crippen molar-refractivity contribution in [3.63, 3.8) is 0 Å². The molecule has 0 radical (unpaired) electrons. The summed E-state index contributed by atoms with van der Waals surface area (Å²) in [4.78, 5) is 0. The molecule has 0 amide bonds. The second-order valence-corrected chi connectivity index (χ2v) is 4.59. The number of nitrogens with one attached hydrogen (secondary N) is 1. The molecule has 1 heterocycles. The fourth-order valence-corrected chi connectivity index (χ4v) is 1.79. The molecule has 96 valence electrons. The molecule has 1 N–H and O–H groups in total. The van der Waals surface area contributed by atoms with Crippen molar-refractivity contribution in [3.05, 3.63) is 53.6 Å². The summed E-state index contributed by atoms with van der Waals surface area (Å²) in [6, 6.07) is 7.54. The fraction of sp³-hybridized carbons (Fsp3) is 0.357. The second-order valence-electron chi connectivity index (χ2n) is 4.59. The first-order chi connectivity index (χ1) is 8.65. The van der Waals surface area contributed by atoms with Crippen LogP contribution in [0, 0.1) is 12.7 Å². The van der Waals surface area contributed by atoms with Crippen LogP contribution in [-0.4, -0.2) is 15.8 Å². The van der Waals surface area contributed by atoms with Crippen molar-refractivity contribution < 1.29 is 4.39 Å². The van der Waals surface area contributed by atoms with Gasteiger partial charge in [-0.1, -0.05) is 12.1 Å². The van der Waals surface area contributed by atoms with E-state index >= 15 is 0 Å². The van der Waals surface area contributed by atoms with Gasteiger partial charge in [-0.3, -0.25) is 4.68 Å². The predicted octanol–water partition coefficient (Wildman–Crippen LogP) is 2.51. The highest BCUT2D eigenvalue weighted by molar-refractivity contribution is 5.23. The Kier molecular flexibility index (Phi) is 4.10. The predicted molar refractivity (Wildman–Crippen MR) is 69.7 cm³/mol. The van der Waals surface area contributed by atoms with Crippen LogP contribution in [-0.2, 0) is 13.1 Å². The first-order valence-electron chi connectivity index (χ1n) is 6.11. The van der Waals surface area contributed by atoms with Gasteiger partial charge >= 0.3 is 0 Å². The molecular formula is C14H18FN3. The van der Waals surface area contributed by atoms with Gasteiger partial charge in [0.2, 0.25) is 0 Å². The van der Waals surface area contributed by atoms with Crippen LogP contribution in [0.25, 0.3) is 0 Å². The molecule has 0 saturated heterocycles. The van der Waals surface area contributed by atoms with Crippen molar-refractivity contribution in [1.82, 2.24) is 15.1 Å². The van der Waals surface area contributed by atoms with Crippen LogP contribution >= 0.6 is 0 Å². The Morgan fingerprint density at radius 1 is 1.44 bits per heavy atom. The number of aryl methyl sites for hydroxylation is 1. The van der Waals surface area contributed by atoms with Gasteiger partial charge in [-0.05, 0) is 37.1 Å². The van der Waals surface area contributed by atoms with Crippen LogP contribution in [0.15, 0.2) is 36.7 Å². The summed E-state index contributed by atoms with van der Waals surface area (Å²) >= 11 is 0. The Labute approximate surface area is 107 Å². The minimum Gasteiger partial charge on any atom is -0.308 e. The normalized spacial score (nSPS) is 12.6. The minimum atomic E-state index is -0.144. The molecule has 2 rings (SSSR count). The van der Waals surface area contributed by atoms with Gasteiger partial charge in [0.25, 0.3) is 0 Å². The summed E-state index contributed by atoms with van der Waals surface area (Å²) in [7, 11) is 0. The molecule has 2 aromatic rings. The average molecular weight is 247 g/mol. The lowest BCUT2D eigenvalue weighted by atomic mass is 10.1. The molecule has 0 spiro atoms. The summed E-state index contributed by atoms with van der Waals surface area (Å²) in [6.45, 7) is 5.33. The number of hydrogen-bond acceptors (Lipinski definition) is 2. The van der Waals surface area contributed by atoms with E-state index in [4.69, 9.17) is 0 Å². The number of halogens is 1. The maximum absolute atomic E-state index is 13.4. The lowest BCUT2D eigenvalue weighted by molar-refractivity contribution is 0.450. The van der Waals surface area contributed by atoms with E-state index in [0.717, 1.165) is 12.1 Å². The van der Waals surface area contributed by atoms with Gasteiger partial charge in [0.05, 0.1) is 6.54 Å². The molecule has 4 heteroatoms. The van der Waals surface area contributed by atoms with Gasteiger partial charge in [0.15, 0.2) is 0 Å². The van der Waals surface area contributed by atoms with Gasteiger partial charge < -0.3 is 5.32 Å². The van der Waals surface area contributed by atoms with Crippen molar-refractivity contribution in [2.45, 2.75) is 33.0 Å². The average Bonchev–Trinajstić information content (AvgIpc) is 2.83. The molecular weight excluding hydrogens is 229 g/mol. The summed E-state index contributed by atoms with van der Waals surface area (Å²) < 4.78 is 15.2. The van der Waals surface area contributed by atoms with Crippen LogP contribution < -0.4 is 5.32 Å². The zero-order valence-electron chi connectivity index (χ0n) is 10.7. The van der Waals surface area contributed by atoms with E-state index in [1.807, 2.05) is 29.1 Å². The Balaban J connectivity index is 1.85. The third-order valence-corrected chi connectivity index (χ3v) is 2.91. The number of aromatic nitrogens is 2. The number of hydrogen-bond donors (Lipinski definition) is 1. The largest absolute Gasteiger partial charge is 0.308 e. The van der Waals surface area contributed by atoms with Gasteiger partial charge in [-0.25, -0.2) is 4.39 Å². The summed E-state index contributed by atoms with van der Waals surface area (Å²) in [5, 5.41) is 7.51. The first kappa shape index (κ1) is 12.8. The molecule has 18 heavy (non-hydrogen) atoms. The number of rotatable bonds is 5. The van der Waals surface area contributed by atoms with Crippen LogP contribution in [0.5, 0.6) is 0 Å². The van der Waals surface area contributed by atoms with E-state index in [1.54, 1.807) is 19.2 Å². The number of nitrogens with zero attached hydrogens (tertiary/aromatic N) is 2. The topological polar surface area (TPSA) is 29.9 Å². The quantitative estimate of drug-likeness (QED) is 0.879. The molecule has 0 bridgehead atoms. The van der Waals surface area contributed by atoms with Crippen LogP contribution in [0.4, 0.5) is 4.39 Å². The van der Waals surface area contributed by atoms with Crippen molar-refractivity contribution in [1.29, 1.82) is 0 Å². The molecule has 1 unspecified atom stereocenters. The maximum atomic E-state index is 13.4. The fourth-order valence-electron chi connectivity index (χ4n) is 1.79. The van der Waals surface area contributed by atoms with E-state index in [9.17, 15) is 4.39 Å². The van der Waals surface area contributed by atoms with E-state index < -0.39 is 0 Å². The van der Waals surface area contributed by atoms with E-state index in [-0.39, 0.29) is 11.9 Å². The molecule has 0 fully saturated rings. The molecule has 0 aliphatic carbocycles. The highest BCUT2D eigenvalue weighted by Crippen LogP contribution is 2.09. The Morgan fingerprint density at radius 3 is 2.94 bits per heavy atom. The standard InChI is InChI=1S/C14H18FN3/c1-11-4-5-13(8-14(11)15)9-16-12(2)10-18-7-3-6-17-18/h3-8,12,16H,9-10H2,1-2H3. The van der Waals surface area contributed by atoms with Crippen molar-refractivity contribution in [3.8, 4) is 0 Å². The highest BCUT2D eigenvalue weighted by atomic mass is 19.1. The zero-order chi connectivity index (χ0) is 13.0. The van der Waals surface area contributed by atoms with Gasteiger partial charge in [-0.2, -0.15) is 5.10 Å². The van der Waals surface area contributed by atoms with Gasteiger partial charge in [-0.15, -0.1) is 0 Å². The molecule has 3 nitrogen and oxygen atoms in total. The van der Waals surface area contributed by atoms with Crippen molar-refractivity contribution in [2.24, 2.45) is 0 Å². The van der Waals surface area contributed by atoms with Crippen molar-refractivity contribution in [2.75, 3.05) is 0 Å². The van der Waals surface area contributed by atoms with Gasteiger partial charge in [0.1, 0.15) is 5.82 Å². The molecule has 1 atom stereocenters. The molecule has 0 saturated carbocycles. The summed E-state index contributed by atoms with van der Waals surface area (Å²) in [5.41, 5.74) is 1.65. The van der Waals surface area contributed by atoms with Crippen molar-refractivity contribution >= 4 is 0 Å². The molecule has 0 aliphatic rings. The maximum Gasteiger partial charge on any atom is 0.126 e. The third kappa shape index (κ3) is 3.40. The lowest BCUT2D eigenvalue weighted by Crippen LogP contribution is -2.30. The second kappa shape index (κ2) is 5.78. The van der Waals surface area contributed by atoms with Crippen LogP contribution in [0.2, 0.25) is 0 Å². The first-order valence-corrected chi connectivity index (χ1v) is 6.11. The minimum absolute atomic E-state index is 0.144. The zero-order valence-corrected chi connectivity index (χ0v) is 10.7. The lowest BCUT2D eigenvalue weighted by Gasteiger charge is -2.14. The Hall–Kier alpha value is -1.68. The third-order valence-electron chi connectivity index (χ3n) is 2.91. The highest BCUT2D eigenvalue weighted by Gasteiger charge is 2.04. The van der Waals surface area contributed by atoms with Crippen LogP contribution in [0.3, 0.4) is 0 Å². The van der Waals surface area contributed by atoms with E-state index in [1.165, 1.54) is 0 Å². The van der Waals surface area contributed by atoms with E-state index in [0.29, 0.717) is 12.1 Å². The summed E-state index contributed by atoms with van der Waals surface area (Å²) in [5.74, 6) is -0.144. The Bertz CT molecular complexity index is 494. The van der Waals surface area contributed by atoms with Gasteiger partial charge in [0, 0.05) is 25.0 Å².